The van der Waals surface area contributed by atoms with Crippen LogP contribution in [0.15, 0.2) is 24.3 Å². The Morgan fingerprint density at radius 3 is 2.67 bits per heavy atom. The van der Waals surface area contributed by atoms with Crippen molar-refractivity contribution in [3.63, 3.8) is 0 Å². The summed E-state index contributed by atoms with van der Waals surface area (Å²) in [6, 6.07) is 7.39. The molecule has 0 aliphatic rings. The predicted octanol–water partition coefficient (Wildman–Crippen LogP) is 1.71. The maximum Gasteiger partial charge on any atom is 0.337 e. The second-order valence-corrected chi connectivity index (χ2v) is 4.16. The fourth-order valence-electron chi connectivity index (χ4n) is 1.30. The van der Waals surface area contributed by atoms with Gasteiger partial charge in [0.15, 0.2) is 0 Å². The van der Waals surface area contributed by atoms with Gasteiger partial charge in [-0.05, 0) is 17.7 Å². The molecule has 82 valence electrons. The number of carbonyl (C=O) groups is 1. The first kappa shape index (κ1) is 11.7. The molecule has 2 N–H and O–H groups in total. The number of hydrogen-bond acceptors (Lipinski definition) is 3. The summed E-state index contributed by atoms with van der Waals surface area (Å²) in [4.78, 5) is 11.3. The smallest absolute Gasteiger partial charge is 0.337 e. The Morgan fingerprint density at radius 2 is 2.13 bits per heavy atom. The van der Waals surface area contributed by atoms with Crippen molar-refractivity contribution in [2.24, 2.45) is 5.73 Å². The highest BCUT2D eigenvalue weighted by atomic mass is 16.5. The molecule has 0 atom stereocenters. The van der Waals surface area contributed by atoms with Crippen LogP contribution in [0.1, 0.15) is 29.8 Å². The summed E-state index contributed by atoms with van der Waals surface area (Å²) in [7, 11) is 1.38. The van der Waals surface area contributed by atoms with Crippen LogP contribution < -0.4 is 5.73 Å². The average molecular weight is 207 g/mol. The number of benzene rings is 1. The van der Waals surface area contributed by atoms with Gasteiger partial charge in [0, 0.05) is 12.0 Å². The van der Waals surface area contributed by atoms with Crippen molar-refractivity contribution in [3.8, 4) is 0 Å². The summed E-state index contributed by atoms with van der Waals surface area (Å²) >= 11 is 0. The Hall–Kier alpha value is -1.35. The van der Waals surface area contributed by atoms with E-state index in [1.807, 2.05) is 32.0 Å². The van der Waals surface area contributed by atoms with Gasteiger partial charge in [-0.15, -0.1) is 0 Å². The van der Waals surface area contributed by atoms with Gasteiger partial charge in [0.05, 0.1) is 12.7 Å². The minimum absolute atomic E-state index is 0.121. The largest absolute Gasteiger partial charge is 0.465 e. The topological polar surface area (TPSA) is 52.3 Å². The number of nitrogens with two attached hydrogens (primary N) is 1. The monoisotopic (exact) mass is 207 g/mol. The molecule has 3 heteroatoms. The third kappa shape index (κ3) is 2.57. The maximum absolute atomic E-state index is 11.3. The van der Waals surface area contributed by atoms with E-state index in [1.165, 1.54) is 7.11 Å². The van der Waals surface area contributed by atoms with E-state index in [0.29, 0.717) is 12.1 Å². The molecule has 0 amide bonds. The fourth-order valence-corrected chi connectivity index (χ4v) is 1.30. The molecule has 0 fully saturated rings. The summed E-state index contributed by atoms with van der Waals surface area (Å²) in [6.07, 6.45) is 0. The Kier molecular flexibility index (Phi) is 3.48. The summed E-state index contributed by atoms with van der Waals surface area (Å²) in [5, 5.41) is 0. The lowest BCUT2D eigenvalue weighted by atomic mass is 9.84. The number of carbonyl (C=O) groups excluding carboxylic acids is 1. The van der Waals surface area contributed by atoms with E-state index in [-0.39, 0.29) is 11.4 Å². The summed E-state index contributed by atoms with van der Waals surface area (Å²) in [5.74, 6) is -0.315. The van der Waals surface area contributed by atoms with E-state index < -0.39 is 0 Å². The van der Waals surface area contributed by atoms with Gasteiger partial charge >= 0.3 is 5.97 Å². The van der Waals surface area contributed by atoms with Crippen LogP contribution >= 0.6 is 0 Å². The van der Waals surface area contributed by atoms with Gasteiger partial charge in [0.1, 0.15) is 0 Å². The van der Waals surface area contributed by atoms with Gasteiger partial charge in [-0.3, -0.25) is 0 Å². The molecule has 1 aromatic carbocycles. The number of hydrogen-bond donors (Lipinski definition) is 1. The molecule has 0 aliphatic heterocycles. The van der Waals surface area contributed by atoms with E-state index >= 15 is 0 Å². The van der Waals surface area contributed by atoms with Gasteiger partial charge in [0.25, 0.3) is 0 Å². The molecular formula is C12H17NO2. The lowest BCUT2D eigenvalue weighted by molar-refractivity contribution is 0.0600. The zero-order valence-electron chi connectivity index (χ0n) is 9.41. The fraction of sp³-hybridized carbons (Fsp3) is 0.417. The zero-order valence-corrected chi connectivity index (χ0v) is 9.41. The van der Waals surface area contributed by atoms with Crippen molar-refractivity contribution in [2.75, 3.05) is 13.7 Å². The molecule has 0 radical (unpaired) electrons. The normalized spacial score (nSPS) is 11.2. The van der Waals surface area contributed by atoms with Crippen LogP contribution in [0, 0.1) is 0 Å². The van der Waals surface area contributed by atoms with Crippen molar-refractivity contribution in [2.45, 2.75) is 19.3 Å². The standard InChI is InChI=1S/C12H17NO2/c1-12(2,8-13)10-6-4-5-9(7-10)11(14)15-3/h4-7H,8,13H2,1-3H3. The molecule has 0 heterocycles. The van der Waals surface area contributed by atoms with Crippen molar-refractivity contribution in [3.05, 3.63) is 35.4 Å². The van der Waals surface area contributed by atoms with E-state index in [2.05, 4.69) is 4.74 Å². The van der Waals surface area contributed by atoms with Gasteiger partial charge in [-0.1, -0.05) is 26.0 Å². The summed E-state index contributed by atoms with van der Waals surface area (Å²) in [6.45, 7) is 4.63. The molecule has 0 aliphatic carbocycles. The highest BCUT2D eigenvalue weighted by Gasteiger charge is 2.19. The molecule has 1 aromatic rings. The van der Waals surface area contributed by atoms with Crippen LogP contribution in [-0.2, 0) is 10.2 Å². The second kappa shape index (κ2) is 4.45. The van der Waals surface area contributed by atoms with Gasteiger partial charge in [-0.25, -0.2) is 4.79 Å². The summed E-state index contributed by atoms with van der Waals surface area (Å²) in [5.41, 5.74) is 7.18. The van der Waals surface area contributed by atoms with Gasteiger partial charge in [-0.2, -0.15) is 0 Å². The minimum atomic E-state index is -0.315. The van der Waals surface area contributed by atoms with Crippen LogP contribution in [0.25, 0.3) is 0 Å². The van der Waals surface area contributed by atoms with Crippen LogP contribution in [0.4, 0.5) is 0 Å². The van der Waals surface area contributed by atoms with Crippen molar-refractivity contribution < 1.29 is 9.53 Å². The van der Waals surface area contributed by atoms with Crippen LogP contribution in [0.5, 0.6) is 0 Å². The van der Waals surface area contributed by atoms with Crippen LogP contribution in [0.2, 0.25) is 0 Å². The Balaban J connectivity index is 3.08. The number of rotatable bonds is 3. The first-order valence-corrected chi connectivity index (χ1v) is 4.90. The molecule has 0 aromatic heterocycles. The van der Waals surface area contributed by atoms with E-state index in [1.54, 1.807) is 6.07 Å². The van der Waals surface area contributed by atoms with E-state index in [9.17, 15) is 4.79 Å². The van der Waals surface area contributed by atoms with E-state index in [4.69, 9.17) is 5.73 Å². The van der Waals surface area contributed by atoms with Crippen LogP contribution in [0.3, 0.4) is 0 Å². The molecule has 15 heavy (non-hydrogen) atoms. The number of esters is 1. The highest BCUT2D eigenvalue weighted by molar-refractivity contribution is 5.89. The highest BCUT2D eigenvalue weighted by Crippen LogP contribution is 2.22. The van der Waals surface area contributed by atoms with Gasteiger partial charge < -0.3 is 10.5 Å². The van der Waals surface area contributed by atoms with Crippen molar-refractivity contribution >= 4 is 5.97 Å². The molecule has 1 rings (SSSR count). The Labute approximate surface area is 90.2 Å². The molecule has 0 unspecified atom stereocenters. The average Bonchev–Trinajstić information content (AvgIpc) is 2.28. The summed E-state index contributed by atoms with van der Waals surface area (Å²) < 4.78 is 4.67. The Bertz CT molecular complexity index is 358. The zero-order chi connectivity index (χ0) is 11.5. The first-order chi connectivity index (χ1) is 7.01. The third-order valence-electron chi connectivity index (χ3n) is 2.58. The number of ether oxygens (including phenoxy) is 1. The predicted molar refractivity (Wildman–Crippen MR) is 59.9 cm³/mol. The van der Waals surface area contributed by atoms with Crippen LogP contribution in [-0.4, -0.2) is 19.6 Å². The third-order valence-corrected chi connectivity index (χ3v) is 2.58. The Morgan fingerprint density at radius 1 is 1.47 bits per heavy atom. The quantitative estimate of drug-likeness (QED) is 0.768. The second-order valence-electron chi connectivity index (χ2n) is 4.16. The van der Waals surface area contributed by atoms with Crippen molar-refractivity contribution in [1.29, 1.82) is 0 Å². The number of methoxy groups -OCH3 is 1. The van der Waals surface area contributed by atoms with Crippen molar-refractivity contribution in [1.82, 2.24) is 0 Å². The van der Waals surface area contributed by atoms with E-state index in [0.717, 1.165) is 5.56 Å². The molecule has 0 saturated heterocycles. The lowest BCUT2D eigenvalue weighted by Crippen LogP contribution is -2.28. The first-order valence-electron chi connectivity index (χ1n) is 4.90. The SMILES string of the molecule is COC(=O)c1cccc(C(C)(C)CN)c1. The minimum Gasteiger partial charge on any atom is -0.465 e. The molecule has 0 bridgehead atoms. The lowest BCUT2D eigenvalue weighted by Gasteiger charge is -2.23. The molecule has 0 saturated carbocycles. The van der Waals surface area contributed by atoms with Gasteiger partial charge in [0.2, 0.25) is 0 Å². The molecular weight excluding hydrogens is 190 g/mol. The molecule has 0 spiro atoms. The molecule has 3 nitrogen and oxygen atoms in total. The maximum atomic E-state index is 11.3.